The van der Waals surface area contributed by atoms with E-state index in [4.69, 9.17) is 5.11 Å². The molecule has 1 rings (SSSR count). The van der Waals surface area contributed by atoms with E-state index in [2.05, 4.69) is 10.6 Å². The van der Waals surface area contributed by atoms with Crippen LogP contribution in [0.2, 0.25) is 0 Å². The first-order chi connectivity index (χ1) is 9.81. The van der Waals surface area contributed by atoms with E-state index >= 15 is 0 Å². The third-order valence-corrected chi connectivity index (χ3v) is 2.78. The summed E-state index contributed by atoms with van der Waals surface area (Å²) in [5.74, 6) is -1.21. The van der Waals surface area contributed by atoms with Crippen LogP contribution in [0.25, 0.3) is 0 Å². The second-order valence-electron chi connectivity index (χ2n) is 4.77. The van der Waals surface area contributed by atoms with Crippen molar-refractivity contribution in [1.29, 1.82) is 0 Å². The third-order valence-electron chi connectivity index (χ3n) is 2.78. The largest absolute Gasteiger partial charge is 0.478 e. The number of aryl methyl sites for hydroxylation is 1. The van der Waals surface area contributed by atoms with Crippen LogP contribution in [0.3, 0.4) is 0 Å². The highest BCUT2D eigenvalue weighted by Crippen LogP contribution is 2.17. The number of nitrogens with one attached hydrogen (secondary N) is 2. The number of carboxylic acids is 1. The summed E-state index contributed by atoms with van der Waals surface area (Å²) in [6.07, 6.45) is 0.181. The molecule has 3 amide bonds. The molecule has 0 saturated carbocycles. The Labute approximate surface area is 122 Å². The molecule has 7 nitrogen and oxygen atoms in total. The van der Waals surface area contributed by atoms with Crippen LogP contribution in [0.15, 0.2) is 18.2 Å². The molecule has 3 N–H and O–H groups in total. The number of amides is 3. The lowest BCUT2D eigenvalue weighted by Crippen LogP contribution is -2.33. The highest BCUT2D eigenvalue weighted by atomic mass is 16.4. The third kappa shape index (κ3) is 5.13. The van der Waals surface area contributed by atoms with Crippen LogP contribution in [-0.2, 0) is 4.79 Å². The quantitative estimate of drug-likeness (QED) is 0.762. The number of carboxylic acid groups (broad SMARTS) is 1. The molecule has 114 valence electrons. The number of benzene rings is 1. The minimum absolute atomic E-state index is 0.0227. The van der Waals surface area contributed by atoms with Gasteiger partial charge in [-0.25, -0.2) is 9.59 Å². The monoisotopic (exact) mass is 293 g/mol. The number of urea groups is 1. The molecule has 0 spiro atoms. The molecule has 7 heteroatoms. The van der Waals surface area contributed by atoms with Gasteiger partial charge >= 0.3 is 12.0 Å². The molecule has 0 aliphatic heterocycles. The zero-order valence-corrected chi connectivity index (χ0v) is 12.3. The molecular formula is C14H19N3O4. The minimum atomic E-state index is -1.11. The van der Waals surface area contributed by atoms with Gasteiger partial charge in [-0.1, -0.05) is 11.6 Å². The van der Waals surface area contributed by atoms with E-state index in [0.717, 1.165) is 5.56 Å². The summed E-state index contributed by atoms with van der Waals surface area (Å²) in [4.78, 5) is 35.6. The van der Waals surface area contributed by atoms with Crippen LogP contribution < -0.4 is 10.6 Å². The van der Waals surface area contributed by atoms with Crippen molar-refractivity contribution in [2.45, 2.75) is 13.3 Å². The molecule has 1 aromatic carbocycles. The molecule has 0 aromatic heterocycles. The molecule has 1 aromatic rings. The fourth-order valence-corrected chi connectivity index (χ4v) is 1.62. The highest BCUT2D eigenvalue weighted by molar-refractivity contribution is 6.00. The van der Waals surface area contributed by atoms with Crippen LogP contribution >= 0.6 is 0 Å². The van der Waals surface area contributed by atoms with Gasteiger partial charge in [-0.15, -0.1) is 0 Å². The summed E-state index contributed by atoms with van der Waals surface area (Å²) < 4.78 is 0. The lowest BCUT2D eigenvalue weighted by molar-refractivity contribution is -0.128. The molecule has 0 aliphatic carbocycles. The Balaban J connectivity index is 2.59. The Hall–Kier alpha value is -2.57. The second kappa shape index (κ2) is 7.28. The maximum atomic E-state index is 11.7. The maximum Gasteiger partial charge on any atom is 0.337 e. The van der Waals surface area contributed by atoms with Crippen LogP contribution in [0.5, 0.6) is 0 Å². The van der Waals surface area contributed by atoms with Crippen molar-refractivity contribution < 1.29 is 19.5 Å². The molecule has 0 saturated heterocycles. The van der Waals surface area contributed by atoms with E-state index in [0.29, 0.717) is 0 Å². The van der Waals surface area contributed by atoms with Crippen LogP contribution in [0, 0.1) is 6.92 Å². The number of hydrogen-bond donors (Lipinski definition) is 3. The number of nitrogens with zero attached hydrogens (tertiary/aromatic N) is 1. The molecule has 21 heavy (non-hydrogen) atoms. The van der Waals surface area contributed by atoms with Gasteiger partial charge in [0.05, 0.1) is 11.3 Å². The summed E-state index contributed by atoms with van der Waals surface area (Å²) in [7, 11) is 3.27. The van der Waals surface area contributed by atoms with E-state index in [1.165, 1.54) is 17.0 Å². The van der Waals surface area contributed by atoms with Crippen molar-refractivity contribution >= 4 is 23.6 Å². The van der Waals surface area contributed by atoms with Gasteiger partial charge in [-0.3, -0.25) is 4.79 Å². The summed E-state index contributed by atoms with van der Waals surface area (Å²) in [5.41, 5.74) is 1.02. The van der Waals surface area contributed by atoms with E-state index in [1.807, 2.05) is 0 Å². The average Bonchev–Trinajstić information content (AvgIpc) is 2.40. The van der Waals surface area contributed by atoms with Crippen molar-refractivity contribution in [3.8, 4) is 0 Å². The van der Waals surface area contributed by atoms with Gasteiger partial charge in [0.15, 0.2) is 0 Å². The van der Waals surface area contributed by atoms with Gasteiger partial charge in [0.1, 0.15) is 0 Å². The van der Waals surface area contributed by atoms with Gasteiger partial charge in [0.2, 0.25) is 5.91 Å². The molecular weight excluding hydrogens is 274 g/mol. The molecule has 0 fully saturated rings. The average molecular weight is 293 g/mol. The molecule has 0 heterocycles. The number of carbonyl (C=O) groups excluding carboxylic acids is 2. The SMILES string of the molecule is Cc1ccc(NC(=O)NCCC(=O)N(C)C)c(C(=O)O)c1. The normalized spacial score (nSPS) is 9.86. The Kier molecular flexibility index (Phi) is 5.71. The van der Waals surface area contributed by atoms with Crippen molar-refractivity contribution in [3.63, 3.8) is 0 Å². The molecule has 0 unspecified atom stereocenters. The van der Waals surface area contributed by atoms with Gasteiger partial charge in [0.25, 0.3) is 0 Å². The van der Waals surface area contributed by atoms with Gasteiger partial charge in [-0.2, -0.15) is 0 Å². The van der Waals surface area contributed by atoms with E-state index < -0.39 is 12.0 Å². The predicted octanol–water partition coefficient (Wildman–Crippen LogP) is 1.29. The van der Waals surface area contributed by atoms with Gasteiger partial charge in [0, 0.05) is 27.1 Å². The zero-order chi connectivity index (χ0) is 16.0. The lowest BCUT2D eigenvalue weighted by Gasteiger charge is -2.12. The summed E-state index contributed by atoms with van der Waals surface area (Å²) >= 11 is 0. The van der Waals surface area contributed by atoms with Crippen molar-refractivity contribution in [2.24, 2.45) is 0 Å². The van der Waals surface area contributed by atoms with Gasteiger partial charge in [-0.05, 0) is 19.1 Å². The topological polar surface area (TPSA) is 98.7 Å². The Morgan fingerprint density at radius 1 is 1.24 bits per heavy atom. The van der Waals surface area contributed by atoms with Crippen LogP contribution in [0.1, 0.15) is 22.3 Å². The molecule has 0 radical (unpaired) electrons. The van der Waals surface area contributed by atoms with Crippen LogP contribution in [-0.4, -0.2) is 48.6 Å². The smallest absolute Gasteiger partial charge is 0.337 e. The van der Waals surface area contributed by atoms with E-state index in [9.17, 15) is 14.4 Å². The fourth-order valence-electron chi connectivity index (χ4n) is 1.62. The number of aromatic carboxylic acids is 1. The number of carbonyl (C=O) groups is 3. The lowest BCUT2D eigenvalue weighted by atomic mass is 10.1. The number of rotatable bonds is 5. The zero-order valence-electron chi connectivity index (χ0n) is 12.3. The molecule has 0 atom stereocenters. The standard InChI is InChI=1S/C14H19N3O4/c1-9-4-5-11(10(8-9)13(19)20)16-14(21)15-7-6-12(18)17(2)3/h4-5,8H,6-7H2,1-3H3,(H,19,20)(H2,15,16,21). The summed E-state index contributed by atoms with van der Waals surface area (Å²) in [6, 6.07) is 4.17. The Bertz CT molecular complexity index is 555. The summed E-state index contributed by atoms with van der Waals surface area (Å²) in [6.45, 7) is 1.94. The van der Waals surface area contributed by atoms with Crippen molar-refractivity contribution in [1.82, 2.24) is 10.2 Å². The Morgan fingerprint density at radius 2 is 1.90 bits per heavy atom. The maximum absolute atomic E-state index is 11.7. The fraction of sp³-hybridized carbons (Fsp3) is 0.357. The first-order valence-electron chi connectivity index (χ1n) is 6.40. The molecule has 0 bridgehead atoms. The highest BCUT2D eigenvalue weighted by Gasteiger charge is 2.12. The predicted molar refractivity (Wildman–Crippen MR) is 78.5 cm³/mol. The van der Waals surface area contributed by atoms with Crippen molar-refractivity contribution in [3.05, 3.63) is 29.3 Å². The van der Waals surface area contributed by atoms with Crippen LogP contribution in [0.4, 0.5) is 10.5 Å². The second-order valence-corrected chi connectivity index (χ2v) is 4.77. The molecule has 0 aliphatic rings. The summed E-state index contributed by atoms with van der Waals surface area (Å²) in [5, 5.41) is 14.1. The first kappa shape index (κ1) is 16.5. The minimum Gasteiger partial charge on any atom is -0.478 e. The van der Waals surface area contributed by atoms with Gasteiger partial charge < -0.3 is 20.6 Å². The number of anilines is 1. The van der Waals surface area contributed by atoms with E-state index in [-0.39, 0.29) is 30.1 Å². The first-order valence-corrected chi connectivity index (χ1v) is 6.40. The van der Waals surface area contributed by atoms with Crippen molar-refractivity contribution in [2.75, 3.05) is 26.0 Å². The Morgan fingerprint density at radius 3 is 2.48 bits per heavy atom. The van der Waals surface area contributed by atoms with E-state index in [1.54, 1.807) is 27.1 Å². The number of hydrogen-bond acceptors (Lipinski definition) is 3.